The van der Waals surface area contributed by atoms with Gasteiger partial charge in [0.25, 0.3) is 0 Å². The summed E-state index contributed by atoms with van der Waals surface area (Å²) in [6.07, 6.45) is -3.91. The number of rotatable bonds is 2. The van der Waals surface area contributed by atoms with Crippen LogP contribution in [-0.2, 0) is 4.79 Å². The largest absolute Gasteiger partial charge is 0.404 e. The average molecular weight is 250 g/mol. The van der Waals surface area contributed by atoms with Gasteiger partial charge in [-0.15, -0.1) is 0 Å². The van der Waals surface area contributed by atoms with Gasteiger partial charge in [0.05, 0.1) is 0 Å². The summed E-state index contributed by atoms with van der Waals surface area (Å²) >= 11 is 0. The Morgan fingerprint density at radius 1 is 1.41 bits per heavy atom. The van der Waals surface area contributed by atoms with Crippen LogP contribution in [0, 0.1) is 10.8 Å². The van der Waals surface area contributed by atoms with Crippen LogP contribution in [0.25, 0.3) is 0 Å². The molecule has 0 aromatic heterocycles. The highest BCUT2D eigenvalue weighted by molar-refractivity contribution is 5.85. The molecule has 2 fully saturated rings. The SMILES string of the molecule is CC1(C)CC1NC(=O)C1(C(F)(F)F)CCNC1. The molecule has 1 saturated heterocycles. The fraction of sp³-hybridized carbons (Fsp3) is 0.909. The molecular formula is C11H17F3N2O. The Kier molecular flexibility index (Phi) is 2.69. The Morgan fingerprint density at radius 3 is 2.35 bits per heavy atom. The standard InChI is InChI=1S/C11H17F3N2O/c1-9(2)5-7(9)16-8(17)10(11(12,13)14)3-4-15-6-10/h7,15H,3-6H2,1-2H3,(H,16,17). The molecule has 1 heterocycles. The molecular weight excluding hydrogens is 233 g/mol. The molecule has 2 rings (SSSR count). The van der Waals surface area contributed by atoms with Crippen molar-refractivity contribution in [3.05, 3.63) is 0 Å². The molecule has 0 radical (unpaired) electrons. The zero-order chi connectivity index (χ0) is 12.9. The zero-order valence-electron chi connectivity index (χ0n) is 9.95. The zero-order valence-corrected chi connectivity index (χ0v) is 9.95. The van der Waals surface area contributed by atoms with Crippen LogP contribution in [0.2, 0.25) is 0 Å². The molecule has 6 heteroatoms. The lowest BCUT2D eigenvalue weighted by Gasteiger charge is -2.29. The van der Waals surface area contributed by atoms with E-state index in [0.717, 1.165) is 6.42 Å². The van der Waals surface area contributed by atoms with Crippen molar-refractivity contribution in [1.29, 1.82) is 0 Å². The minimum absolute atomic E-state index is 0.0610. The first-order valence-electron chi connectivity index (χ1n) is 5.77. The van der Waals surface area contributed by atoms with Gasteiger partial charge in [-0.05, 0) is 24.8 Å². The van der Waals surface area contributed by atoms with E-state index in [4.69, 9.17) is 0 Å². The molecule has 0 bridgehead atoms. The van der Waals surface area contributed by atoms with Crippen molar-refractivity contribution in [1.82, 2.24) is 10.6 Å². The molecule has 17 heavy (non-hydrogen) atoms. The highest BCUT2D eigenvalue weighted by Gasteiger charge is 2.62. The second kappa shape index (κ2) is 3.60. The normalized spacial score (nSPS) is 35.7. The van der Waals surface area contributed by atoms with Gasteiger partial charge in [-0.3, -0.25) is 4.79 Å². The summed E-state index contributed by atoms with van der Waals surface area (Å²) in [5.74, 6) is -0.870. The fourth-order valence-electron chi connectivity index (χ4n) is 2.27. The van der Waals surface area contributed by atoms with Gasteiger partial charge in [0.1, 0.15) is 0 Å². The molecule has 2 aliphatic rings. The maximum absolute atomic E-state index is 13.0. The van der Waals surface area contributed by atoms with Gasteiger partial charge >= 0.3 is 6.18 Å². The van der Waals surface area contributed by atoms with Crippen LogP contribution in [0.3, 0.4) is 0 Å². The minimum atomic E-state index is -4.49. The van der Waals surface area contributed by atoms with E-state index in [9.17, 15) is 18.0 Å². The number of hydrogen-bond donors (Lipinski definition) is 2. The summed E-state index contributed by atoms with van der Waals surface area (Å²) in [5, 5.41) is 5.17. The van der Waals surface area contributed by atoms with E-state index in [0.29, 0.717) is 0 Å². The van der Waals surface area contributed by atoms with Gasteiger partial charge in [-0.2, -0.15) is 13.2 Å². The fourth-order valence-corrected chi connectivity index (χ4v) is 2.27. The monoisotopic (exact) mass is 250 g/mol. The molecule has 1 aliphatic carbocycles. The number of carbonyl (C=O) groups is 1. The molecule has 0 aromatic carbocycles. The number of nitrogens with one attached hydrogen (secondary N) is 2. The Labute approximate surface area is 98.1 Å². The van der Waals surface area contributed by atoms with E-state index < -0.39 is 17.5 Å². The third-order valence-corrected chi connectivity index (χ3v) is 3.95. The van der Waals surface area contributed by atoms with Crippen molar-refractivity contribution in [3.8, 4) is 0 Å². The summed E-state index contributed by atoms with van der Waals surface area (Å²) in [5.41, 5.74) is -2.29. The van der Waals surface area contributed by atoms with Crippen LogP contribution >= 0.6 is 0 Å². The van der Waals surface area contributed by atoms with Crippen molar-refractivity contribution < 1.29 is 18.0 Å². The van der Waals surface area contributed by atoms with Crippen LogP contribution in [-0.4, -0.2) is 31.2 Å². The number of alkyl halides is 3. The molecule has 0 spiro atoms. The molecule has 2 atom stereocenters. The third kappa shape index (κ3) is 2.03. The molecule has 3 nitrogen and oxygen atoms in total. The second-order valence-electron chi connectivity index (χ2n) is 5.73. The topological polar surface area (TPSA) is 41.1 Å². The van der Waals surface area contributed by atoms with Gasteiger partial charge in [0.15, 0.2) is 5.41 Å². The van der Waals surface area contributed by atoms with Crippen molar-refractivity contribution in [3.63, 3.8) is 0 Å². The quantitative estimate of drug-likeness (QED) is 0.778. The molecule has 1 saturated carbocycles. The van der Waals surface area contributed by atoms with Gasteiger partial charge in [-0.1, -0.05) is 13.8 Å². The minimum Gasteiger partial charge on any atom is -0.352 e. The number of hydrogen-bond acceptors (Lipinski definition) is 2. The lowest BCUT2D eigenvalue weighted by Crippen LogP contribution is -2.53. The average Bonchev–Trinajstić information content (AvgIpc) is 2.67. The summed E-state index contributed by atoms with van der Waals surface area (Å²) in [7, 11) is 0. The van der Waals surface area contributed by atoms with Gasteiger partial charge in [0.2, 0.25) is 5.91 Å². The van der Waals surface area contributed by atoms with E-state index in [1.54, 1.807) is 0 Å². The van der Waals surface area contributed by atoms with Crippen LogP contribution in [0.1, 0.15) is 26.7 Å². The highest BCUT2D eigenvalue weighted by Crippen LogP contribution is 2.47. The van der Waals surface area contributed by atoms with Crippen molar-refractivity contribution >= 4 is 5.91 Å². The highest BCUT2D eigenvalue weighted by atomic mass is 19.4. The van der Waals surface area contributed by atoms with E-state index in [2.05, 4.69) is 10.6 Å². The summed E-state index contributed by atoms with van der Waals surface area (Å²) < 4.78 is 39.1. The lowest BCUT2D eigenvalue weighted by molar-refractivity contribution is -0.216. The van der Waals surface area contributed by atoms with Crippen molar-refractivity contribution in [2.75, 3.05) is 13.1 Å². The Balaban J connectivity index is 2.10. The maximum Gasteiger partial charge on any atom is 0.404 e. The first-order chi connectivity index (χ1) is 7.69. The van der Waals surface area contributed by atoms with Gasteiger partial charge in [0, 0.05) is 12.6 Å². The number of carbonyl (C=O) groups excluding carboxylic acids is 1. The van der Waals surface area contributed by atoms with Gasteiger partial charge in [-0.25, -0.2) is 0 Å². The molecule has 2 unspecified atom stereocenters. The third-order valence-electron chi connectivity index (χ3n) is 3.95. The molecule has 98 valence electrons. The van der Waals surface area contributed by atoms with Crippen LogP contribution in [0.5, 0.6) is 0 Å². The summed E-state index contributed by atoms with van der Waals surface area (Å²) in [6.45, 7) is 3.80. The number of amides is 1. The smallest absolute Gasteiger partial charge is 0.352 e. The predicted octanol–water partition coefficient (Wildman–Crippen LogP) is 1.44. The van der Waals surface area contributed by atoms with Crippen LogP contribution in [0.4, 0.5) is 13.2 Å². The summed E-state index contributed by atoms with van der Waals surface area (Å²) in [4.78, 5) is 11.9. The number of halogens is 3. The first kappa shape index (κ1) is 12.7. The Morgan fingerprint density at radius 2 is 2.00 bits per heavy atom. The molecule has 1 amide bonds. The van der Waals surface area contributed by atoms with E-state index in [1.807, 2.05) is 13.8 Å². The molecule has 0 aromatic rings. The maximum atomic E-state index is 13.0. The van der Waals surface area contributed by atoms with Crippen LogP contribution < -0.4 is 10.6 Å². The predicted molar refractivity (Wildman–Crippen MR) is 56.3 cm³/mol. The van der Waals surface area contributed by atoms with E-state index in [1.165, 1.54) is 0 Å². The van der Waals surface area contributed by atoms with E-state index in [-0.39, 0.29) is 31.0 Å². The first-order valence-corrected chi connectivity index (χ1v) is 5.77. The Bertz CT molecular complexity index is 332. The molecule has 1 aliphatic heterocycles. The lowest BCUT2D eigenvalue weighted by atomic mass is 9.85. The summed E-state index contributed by atoms with van der Waals surface area (Å²) in [6, 6.07) is -0.116. The van der Waals surface area contributed by atoms with Crippen molar-refractivity contribution in [2.45, 2.75) is 38.9 Å². The van der Waals surface area contributed by atoms with Crippen molar-refractivity contribution in [2.24, 2.45) is 10.8 Å². The van der Waals surface area contributed by atoms with E-state index >= 15 is 0 Å². The van der Waals surface area contributed by atoms with Gasteiger partial charge < -0.3 is 10.6 Å². The van der Waals surface area contributed by atoms with Crippen LogP contribution in [0.15, 0.2) is 0 Å². The Hall–Kier alpha value is -0.780. The molecule has 2 N–H and O–H groups in total. The second-order valence-corrected chi connectivity index (χ2v) is 5.73.